The Balaban J connectivity index is 1.45. The quantitative estimate of drug-likeness (QED) is 0.495. The molecular weight excluding hydrogens is 404 g/mol. The van der Waals surface area contributed by atoms with Crippen molar-refractivity contribution in [1.29, 1.82) is 0 Å². The van der Waals surface area contributed by atoms with Crippen LogP contribution in [0.4, 0.5) is 0 Å². The summed E-state index contributed by atoms with van der Waals surface area (Å²) in [6.07, 6.45) is 2.09. The molecule has 6 nitrogen and oxygen atoms in total. The minimum Gasteiger partial charge on any atom is -0.349 e. The first-order valence-electron chi connectivity index (χ1n) is 9.39. The number of pyridine rings is 1. The number of aromatic nitrogens is 3. The molecule has 146 valence electrons. The van der Waals surface area contributed by atoms with E-state index in [9.17, 15) is 9.59 Å². The van der Waals surface area contributed by atoms with Gasteiger partial charge in [-0.1, -0.05) is 30.0 Å². The second kappa shape index (κ2) is 7.27. The zero-order valence-electron chi connectivity index (χ0n) is 15.7. The fraction of sp³-hybridized carbons (Fsp3) is 0.238. The molecule has 0 unspecified atom stereocenters. The zero-order valence-corrected chi connectivity index (χ0v) is 17.3. The van der Waals surface area contributed by atoms with Crippen molar-refractivity contribution < 1.29 is 4.79 Å². The number of benzene rings is 1. The van der Waals surface area contributed by atoms with E-state index in [0.717, 1.165) is 34.5 Å². The molecule has 3 aromatic heterocycles. The number of amides is 1. The van der Waals surface area contributed by atoms with E-state index in [2.05, 4.69) is 10.3 Å². The largest absolute Gasteiger partial charge is 0.349 e. The van der Waals surface area contributed by atoms with Crippen LogP contribution in [0.5, 0.6) is 0 Å². The summed E-state index contributed by atoms with van der Waals surface area (Å²) >= 11 is 2.94. The van der Waals surface area contributed by atoms with Crippen molar-refractivity contribution in [1.82, 2.24) is 19.7 Å². The van der Waals surface area contributed by atoms with E-state index in [0.29, 0.717) is 28.0 Å². The van der Waals surface area contributed by atoms with Crippen molar-refractivity contribution in [2.75, 3.05) is 0 Å². The van der Waals surface area contributed by atoms with Crippen molar-refractivity contribution in [3.8, 4) is 0 Å². The molecule has 1 amide bonds. The summed E-state index contributed by atoms with van der Waals surface area (Å²) < 4.78 is 1.62. The number of nitrogens with one attached hydrogen (secondary N) is 1. The van der Waals surface area contributed by atoms with Crippen LogP contribution in [0.2, 0.25) is 0 Å². The van der Waals surface area contributed by atoms with E-state index in [1.807, 2.05) is 42.6 Å². The summed E-state index contributed by atoms with van der Waals surface area (Å²) in [5, 5.41) is 6.58. The number of thioether (sulfide) groups is 1. The first kappa shape index (κ1) is 18.3. The fourth-order valence-corrected chi connectivity index (χ4v) is 4.92. The Hall–Kier alpha value is -2.71. The van der Waals surface area contributed by atoms with E-state index in [-0.39, 0.29) is 11.5 Å². The van der Waals surface area contributed by atoms with Gasteiger partial charge in [-0.25, -0.2) is 9.97 Å². The third kappa shape index (κ3) is 3.65. The maximum absolute atomic E-state index is 12.7. The molecule has 0 atom stereocenters. The van der Waals surface area contributed by atoms with E-state index in [1.54, 1.807) is 10.5 Å². The molecule has 4 aromatic rings. The lowest BCUT2D eigenvalue weighted by molar-refractivity contribution is 0.0952. The molecule has 5 rings (SSSR count). The van der Waals surface area contributed by atoms with Crippen molar-refractivity contribution in [3.05, 3.63) is 69.1 Å². The van der Waals surface area contributed by atoms with Crippen LogP contribution in [0.3, 0.4) is 0 Å². The molecule has 0 saturated heterocycles. The third-order valence-electron chi connectivity index (χ3n) is 4.85. The lowest BCUT2D eigenvalue weighted by Crippen LogP contribution is -2.25. The standard InChI is InChI=1S/C21H18N4O2S2/c1-12-10-29-21-23-14(8-19(26)25(12)21)11-28-18-9-16(20(27)22-13-6-7-13)15-4-2-3-5-17(15)24-18/h2-5,8-10,13H,6-7,11H2,1H3,(H,22,27). The molecule has 1 fully saturated rings. The number of hydrogen-bond acceptors (Lipinski definition) is 6. The minimum atomic E-state index is -0.0691. The maximum atomic E-state index is 12.7. The molecule has 1 aliphatic rings. The molecule has 1 saturated carbocycles. The van der Waals surface area contributed by atoms with Crippen LogP contribution in [0.25, 0.3) is 15.9 Å². The molecule has 0 spiro atoms. The average molecular weight is 423 g/mol. The number of carbonyl (C=O) groups excluding carboxylic acids is 1. The highest BCUT2D eigenvalue weighted by molar-refractivity contribution is 7.98. The minimum absolute atomic E-state index is 0.0557. The van der Waals surface area contributed by atoms with Crippen LogP contribution < -0.4 is 10.9 Å². The summed E-state index contributed by atoms with van der Waals surface area (Å²) in [4.78, 5) is 35.1. The number of rotatable bonds is 5. The van der Waals surface area contributed by atoms with Crippen molar-refractivity contribution in [2.24, 2.45) is 0 Å². The van der Waals surface area contributed by atoms with Crippen LogP contribution in [0, 0.1) is 6.92 Å². The van der Waals surface area contributed by atoms with Gasteiger partial charge in [-0.05, 0) is 31.9 Å². The molecule has 29 heavy (non-hydrogen) atoms. The molecule has 1 aliphatic carbocycles. The molecule has 1 N–H and O–H groups in total. The topological polar surface area (TPSA) is 76.4 Å². The first-order valence-corrected chi connectivity index (χ1v) is 11.3. The Morgan fingerprint density at radius 1 is 1.28 bits per heavy atom. The van der Waals surface area contributed by atoms with Crippen molar-refractivity contribution >= 4 is 44.9 Å². The molecular formula is C21H18N4O2S2. The van der Waals surface area contributed by atoms with Gasteiger partial charge in [0.05, 0.1) is 21.8 Å². The van der Waals surface area contributed by atoms with Crippen LogP contribution in [-0.2, 0) is 5.75 Å². The summed E-state index contributed by atoms with van der Waals surface area (Å²) in [7, 11) is 0. The highest BCUT2D eigenvalue weighted by atomic mass is 32.2. The monoisotopic (exact) mass is 422 g/mol. The van der Waals surface area contributed by atoms with Gasteiger partial charge in [0.25, 0.3) is 11.5 Å². The number of thiazole rings is 1. The van der Waals surface area contributed by atoms with Gasteiger partial charge in [0.2, 0.25) is 0 Å². The van der Waals surface area contributed by atoms with Gasteiger partial charge < -0.3 is 5.32 Å². The second-order valence-corrected chi connectivity index (χ2v) is 8.97. The Kier molecular flexibility index (Phi) is 4.60. The summed E-state index contributed by atoms with van der Waals surface area (Å²) in [5.74, 6) is 0.456. The first-order chi connectivity index (χ1) is 14.1. The number of para-hydroxylation sites is 1. The predicted octanol–water partition coefficient (Wildman–Crippen LogP) is 3.80. The molecule has 0 radical (unpaired) electrons. The van der Waals surface area contributed by atoms with E-state index < -0.39 is 0 Å². The molecule has 3 heterocycles. The van der Waals surface area contributed by atoms with Crippen LogP contribution in [-0.4, -0.2) is 26.3 Å². The fourth-order valence-electron chi connectivity index (χ4n) is 3.23. The second-order valence-electron chi connectivity index (χ2n) is 7.14. The number of aryl methyl sites for hydroxylation is 1. The summed E-state index contributed by atoms with van der Waals surface area (Å²) in [5.41, 5.74) is 2.96. The smallest absolute Gasteiger partial charge is 0.258 e. The molecule has 0 bridgehead atoms. The van der Waals surface area contributed by atoms with Crippen LogP contribution in [0.1, 0.15) is 34.6 Å². The Labute approximate surface area is 175 Å². The molecule has 0 aliphatic heterocycles. The van der Waals surface area contributed by atoms with Gasteiger partial charge in [-0.15, -0.1) is 11.3 Å². The highest BCUT2D eigenvalue weighted by Crippen LogP contribution is 2.27. The summed E-state index contributed by atoms with van der Waals surface area (Å²) in [6, 6.07) is 11.4. The van der Waals surface area contributed by atoms with Gasteiger partial charge >= 0.3 is 0 Å². The lowest BCUT2D eigenvalue weighted by atomic mass is 10.1. The van der Waals surface area contributed by atoms with E-state index in [1.165, 1.54) is 23.1 Å². The Morgan fingerprint density at radius 3 is 2.93 bits per heavy atom. The average Bonchev–Trinajstić information content (AvgIpc) is 3.45. The third-order valence-corrected chi connectivity index (χ3v) is 6.74. The van der Waals surface area contributed by atoms with Gasteiger partial charge in [0.1, 0.15) is 0 Å². The lowest BCUT2D eigenvalue weighted by Gasteiger charge is -2.10. The van der Waals surface area contributed by atoms with Gasteiger partial charge in [0.15, 0.2) is 4.96 Å². The Bertz CT molecular complexity index is 1310. The van der Waals surface area contributed by atoms with Gasteiger partial charge in [-0.3, -0.25) is 14.0 Å². The van der Waals surface area contributed by atoms with E-state index in [4.69, 9.17) is 4.98 Å². The highest BCUT2D eigenvalue weighted by Gasteiger charge is 2.25. The van der Waals surface area contributed by atoms with Crippen molar-refractivity contribution in [2.45, 2.75) is 36.6 Å². The van der Waals surface area contributed by atoms with E-state index >= 15 is 0 Å². The summed E-state index contributed by atoms with van der Waals surface area (Å²) in [6.45, 7) is 1.90. The number of hydrogen-bond donors (Lipinski definition) is 1. The van der Waals surface area contributed by atoms with Crippen molar-refractivity contribution in [3.63, 3.8) is 0 Å². The number of carbonyl (C=O) groups is 1. The van der Waals surface area contributed by atoms with Gasteiger partial charge in [0, 0.05) is 34.3 Å². The molecule has 8 heteroatoms. The number of fused-ring (bicyclic) bond motifs is 2. The van der Waals surface area contributed by atoms with Crippen LogP contribution in [0.15, 0.2) is 51.6 Å². The number of nitrogens with zero attached hydrogens (tertiary/aromatic N) is 3. The molecule has 1 aromatic carbocycles. The normalized spacial score (nSPS) is 13.8. The SMILES string of the molecule is Cc1csc2nc(CSc3cc(C(=O)NC4CC4)c4ccccc4n3)cc(=O)n12. The predicted molar refractivity (Wildman–Crippen MR) is 116 cm³/mol. The zero-order chi connectivity index (χ0) is 20.0. The van der Waals surface area contributed by atoms with Gasteiger partial charge in [-0.2, -0.15) is 0 Å². The maximum Gasteiger partial charge on any atom is 0.258 e. The Morgan fingerprint density at radius 2 is 2.10 bits per heavy atom. The van der Waals surface area contributed by atoms with Crippen LogP contribution >= 0.6 is 23.1 Å².